The minimum atomic E-state index is -0.0202. The molecule has 1 aliphatic rings. The Balaban J connectivity index is 1.92. The summed E-state index contributed by atoms with van der Waals surface area (Å²) in [6, 6.07) is 12.6. The molecular formula is C16H13BrO3. The van der Waals surface area contributed by atoms with Crippen LogP contribution in [-0.2, 0) is 0 Å². The number of hydrogen-bond acceptors (Lipinski definition) is 3. The quantitative estimate of drug-likeness (QED) is 0.784. The largest absolute Gasteiger partial charge is 0.490 e. The molecule has 0 fully saturated rings. The average molecular weight is 333 g/mol. The van der Waals surface area contributed by atoms with Crippen molar-refractivity contribution in [3.63, 3.8) is 0 Å². The summed E-state index contributed by atoms with van der Waals surface area (Å²) in [6.45, 7) is 1.26. The van der Waals surface area contributed by atoms with E-state index >= 15 is 0 Å². The molecule has 0 aliphatic carbocycles. The summed E-state index contributed by atoms with van der Waals surface area (Å²) in [5.41, 5.74) is 1.26. The van der Waals surface area contributed by atoms with Crippen LogP contribution < -0.4 is 9.47 Å². The monoisotopic (exact) mass is 332 g/mol. The van der Waals surface area contributed by atoms with Gasteiger partial charge in [-0.3, -0.25) is 4.79 Å². The van der Waals surface area contributed by atoms with Gasteiger partial charge >= 0.3 is 0 Å². The molecular weight excluding hydrogens is 320 g/mol. The van der Waals surface area contributed by atoms with Crippen molar-refractivity contribution in [3.05, 3.63) is 58.1 Å². The zero-order valence-electron chi connectivity index (χ0n) is 10.8. The lowest BCUT2D eigenvalue weighted by molar-refractivity contribution is 0.103. The molecule has 0 atom stereocenters. The Morgan fingerprint density at radius 3 is 2.30 bits per heavy atom. The lowest BCUT2D eigenvalue weighted by atomic mass is 10.0. The molecule has 0 radical (unpaired) electrons. The third-order valence-corrected chi connectivity index (χ3v) is 3.64. The molecule has 0 saturated carbocycles. The van der Waals surface area contributed by atoms with Gasteiger partial charge in [-0.1, -0.05) is 15.9 Å². The molecule has 0 unspecified atom stereocenters. The number of carbonyl (C=O) groups is 1. The van der Waals surface area contributed by atoms with Crippen LogP contribution >= 0.6 is 15.9 Å². The van der Waals surface area contributed by atoms with Crippen LogP contribution in [-0.4, -0.2) is 19.0 Å². The first kappa shape index (κ1) is 13.2. The lowest BCUT2D eigenvalue weighted by Gasteiger charge is -2.09. The van der Waals surface area contributed by atoms with Crippen LogP contribution in [0.25, 0.3) is 0 Å². The van der Waals surface area contributed by atoms with Crippen LogP contribution in [0.4, 0.5) is 0 Å². The van der Waals surface area contributed by atoms with Crippen molar-refractivity contribution in [2.75, 3.05) is 13.2 Å². The van der Waals surface area contributed by atoms with E-state index in [-0.39, 0.29) is 5.78 Å². The smallest absolute Gasteiger partial charge is 0.193 e. The summed E-state index contributed by atoms with van der Waals surface area (Å²) in [4.78, 5) is 12.4. The minimum Gasteiger partial charge on any atom is -0.490 e. The van der Waals surface area contributed by atoms with Gasteiger partial charge in [0.05, 0.1) is 13.2 Å². The average Bonchev–Trinajstić information content (AvgIpc) is 2.71. The second-order valence-electron chi connectivity index (χ2n) is 4.55. The SMILES string of the molecule is O=C(c1ccc(Br)cc1)c1ccc2c(c1)OCCCO2. The van der Waals surface area contributed by atoms with E-state index in [0.717, 1.165) is 10.9 Å². The molecule has 2 aromatic rings. The highest BCUT2D eigenvalue weighted by atomic mass is 79.9. The van der Waals surface area contributed by atoms with Crippen LogP contribution in [0.5, 0.6) is 11.5 Å². The van der Waals surface area contributed by atoms with E-state index in [1.54, 1.807) is 30.3 Å². The molecule has 0 aromatic heterocycles. The highest BCUT2D eigenvalue weighted by Gasteiger charge is 2.15. The fourth-order valence-electron chi connectivity index (χ4n) is 2.07. The predicted molar refractivity (Wildman–Crippen MR) is 79.6 cm³/mol. The predicted octanol–water partition coefficient (Wildman–Crippen LogP) is 3.84. The van der Waals surface area contributed by atoms with Gasteiger partial charge in [0, 0.05) is 22.0 Å². The summed E-state index contributed by atoms with van der Waals surface area (Å²) >= 11 is 3.36. The molecule has 2 aromatic carbocycles. The zero-order chi connectivity index (χ0) is 13.9. The van der Waals surface area contributed by atoms with Crippen molar-refractivity contribution in [2.24, 2.45) is 0 Å². The van der Waals surface area contributed by atoms with E-state index in [0.29, 0.717) is 35.8 Å². The minimum absolute atomic E-state index is 0.0202. The van der Waals surface area contributed by atoms with Crippen molar-refractivity contribution in [1.29, 1.82) is 0 Å². The van der Waals surface area contributed by atoms with Crippen LogP contribution in [0, 0.1) is 0 Å². The molecule has 0 spiro atoms. The van der Waals surface area contributed by atoms with E-state index in [4.69, 9.17) is 9.47 Å². The van der Waals surface area contributed by atoms with E-state index in [1.807, 2.05) is 12.1 Å². The third-order valence-electron chi connectivity index (χ3n) is 3.12. The molecule has 1 heterocycles. The van der Waals surface area contributed by atoms with Gasteiger partial charge in [0.2, 0.25) is 0 Å². The zero-order valence-corrected chi connectivity index (χ0v) is 12.4. The summed E-state index contributed by atoms with van der Waals surface area (Å²) < 4.78 is 12.1. The van der Waals surface area contributed by atoms with Crippen molar-refractivity contribution >= 4 is 21.7 Å². The second kappa shape index (κ2) is 5.67. The Morgan fingerprint density at radius 2 is 1.55 bits per heavy atom. The lowest BCUT2D eigenvalue weighted by Crippen LogP contribution is -2.02. The summed E-state index contributed by atoms with van der Waals surface area (Å²) in [6.07, 6.45) is 0.852. The number of halogens is 1. The number of ether oxygens (including phenoxy) is 2. The van der Waals surface area contributed by atoms with E-state index in [1.165, 1.54) is 0 Å². The number of fused-ring (bicyclic) bond motifs is 1. The Kier molecular flexibility index (Phi) is 3.74. The van der Waals surface area contributed by atoms with Gasteiger partial charge in [0.25, 0.3) is 0 Å². The van der Waals surface area contributed by atoms with Crippen molar-refractivity contribution in [1.82, 2.24) is 0 Å². The Bertz CT molecular complexity index is 635. The molecule has 3 rings (SSSR count). The van der Waals surface area contributed by atoms with E-state index in [2.05, 4.69) is 15.9 Å². The van der Waals surface area contributed by atoms with E-state index in [9.17, 15) is 4.79 Å². The fraction of sp³-hybridized carbons (Fsp3) is 0.188. The van der Waals surface area contributed by atoms with Gasteiger partial charge in [0.15, 0.2) is 17.3 Å². The number of benzene rings is 2. The molecule has 0 amide bonds. The molecule has 20 heavy (non-hydrogen) atoms. The van der Waals surface area contributed by atoms with Gasteiger partial charge in [-0.05, 0) is 42.5 Å². The topological polar surface area (TPSA) is 35.5 Å². The van der Waals surface area contributed by atoms with Crippen molar-refractivity contribution in [2.45, 2.75) is 6.42 Å². The highest BCUT2D eigenvalue weighted by Crippen LogP contribution is 2.31. The molecule has 0 N–H and O–H groups in total. The highest BCUT2D eigenvalue weighted by molar-refractivity contribution is 9.10. The Labute approximate surface area is 125 Å². The van der Waals surface area contributed by atoms with Crippen LogP contribution in [0.2, 0.25) is 0 Å². The summed E-state index contributed by atoms with van der Waals surface area (Å²) in [5.74, 6) is 1.33. The number of hydrogen-bond donors (Lipinski definition) is 0. The first-order valence-electron chi connectivity index (χ1n) is 6.44. The van der Waals surface area contributed by atoms with Gasteiger partial charge in [0.1, 0.15) is 0 Å². The molecule has 1 aliphatic heterocycles. The third kappa shape index (κ3) is 2.70. The maximum absolute atomic E-state index is 12.4. The molecule has 4 heteroatoms. The van der Waals surface area contributed by atoms with Gasteiger partial charge in [-0.2, -0.15) is 0 Å². The van der Waals surface area contributed by atoms with Crippen molar-refractivity contribution in [3.8, 4) is 11.5 Å². The standard InChI is InChI=1S/C16H13BrO3/c17-13-5-2-11(3-6-13)16(18)12-4-7-14-15(10-12)20-9-1-8-19-14/h2-7,10H,1,8-9H2. The Hall–Kier alpha value is -1.81. The summed E-state index contributed by atoms with van der Waals surface area (Å²) in [7, 11) is 0. The fourth-order valence-corrected chi connectivity index (χ4v) is 2.34. The van der Waals surface area contributed by atoms with Gasteiger partial charge in [-0.15, -0.1) is 0 Å². The first-order valence-corrected chi connectivity index (χ1v) is 7.23. The van der Waals surface area contributed by atoms with Crippen LogP contribution in [0.1, 0.15) is 22.3 Å². The molecule has 0 saturated heterocycles. The Morgan fingerprint density at radius 1 is 0.900 bits per heavy atom. The van der Waals surface area contributed by atoms with Gasteiger partial charge < -0.3 is 9.47 Å². The van der Waals surface area contributed by atoms with E-state index < -0.39 is 0 Å². The maximum atomic E-state index is 12.4. The normalized spacial score (nSPS) is 13.7. The number of ketones is 1. The number of carbonyl (C=O) groups excluding carboxylic acids is 1. The summed E-state index contributed by atoms with van der Waals surface area (Å²) in [5, 5.41) is 0. The van der Waals surface area contributed by atoms with Crippen molar-refractivity contribution < 1.29 is 14.3 Å². The van der Waals surface area contributed by atoms with Crippen LogP contribution in [0.3, 0.4) is 0 Å². The molecule has 0 bridgehead atoms. The maximum Gasteiger partial charge on any atom is 0.193 e. The molecule has 102 valence electrons. The second-order valence-corrected chi connectivity index (χ2v) is 5.46. The van der Waals surface area contributed by atoms with Crippen LogP contribution in [0.15, 0.2) is 46.9 Å². The molecule has 3 nitrogen and oxygen atoms in total. The van der Waals surface area contributed by atoms with Gasteiger partial charge in [-0.25, -0.2) is 0 Å². The first-order chi connectivity index (χ1) is 9.74. The number of rotatable bonds is 2.